The molecule has 0 aromatic heterocycles. The second kappa shape index (κ2) is 8.74. The predicted molar refractivity (Wildman–Crippen MR) is 105 cm³/mol. The van der Waals surface area contributed by atoms with Crippen LogP contribution in [0, 0.1) is 5.41 Å². The van der Waals surface area contributed by atoms with E-state index in [1.807, 2.05) is 26.8 Å². The largest absolute Gasteiger partial charge is 0.466 e. The van der Waals surface area contributed by atoms with Crippen molar-refractivity contribution < 1.29 is 19.0 Å². The molecule has 4 heteroatoms. The van der Waals surface area contributed by atoms with Crippen molar-refractivity contribution in [2.75, 3.05) is 6.61 Å². The van der Waals surface area contributed by atoms with Crippen LogP contribution < -0.4 is 0 Å². The first-order valence-corrected chi connectivity index (χ1v) is 10.5. The summed E-state index contributed by atoms with van der Waals surface area (Å²) in [4.78, 5) is 12.1. The average Bonchev–Trinajstić information content (AvgIpc) is 3.23. The van der Waals surface area contributed by atoms with Gasteiger partial charge in [-0.1, -0.05) is 30.3 Å². The lowest BCUT2D eigenvalue weighted by Gasteiger charge is -2.24. The van der Waals surface area contributed by atoms with E-state index in [9.17, 15) is 4.79 Å². The van der Waals surface area contributed by atoms with Crippen LogP contribution in [-0.4, -0.2) is 30.6 Å². The summed E-state index contributed by atoms with van der Waals surface area (Å²) in [6.07, 6.45) is 8.10. The molecule has 1 aromatic rings. The summed E-state index contributed by atoms with van der Waals surface area (Å²) in [5.74, 6) is -0.470. The average molecular weight is 375 g/mol. The van der Waals surface area contributed by atoms with Gasteiger partial charge in [0.25, 0.3) is 0 Å². The van der Waals surface area contributed by atoms with E-state index in [0.717, 1.165) is 38.5 Å². The van der Waals surface area contributed by atoms with Gasteiger partial charge in [-0.2, -0.15) is 0 Å². The number of rotatable bonds is 8. The van der Waals surface area contributed by atoms with E-state index in [2.05, 4.69) is 24.3 Å². The smallest absolute Gasteiger partial charge is 0.311 e. The summed E-state index contributed by atoms with van der Waals surface area (Å²) in [5.41, 5.74) is 0.841. The lowest BCUT2D eigenvalue weighted by Crippen LogP contribution is -2.28. The monoisotopic (exact) mass is 374 g/mol. The third-order valence-corrected chi connectivity index (χ3v) is 5.91. The van der Waals surface area contributed by atoms with Crippen LogP contribution in [0.1, 0.15) is 71.3 Å². The molecule has 2 aliphatic rings. The van der Waals surface area contributed by atoms with E-state index in [-0.39, 0.29) is 24.0 Å². The maximum absolute atomic E-state index is 12.1. The normalized spacial score (nSPS) is 24.4. The highest BCUT2D eigenvalue weighted by atomic mass is 16.8. The number of ether oxygens (including phenoxy) is 3. The van der Waals surface area contributed by atoms with Gasteiger partial charge in [-0.3, -0.25) is 4.79 Å². The third-order valence-electron chi connectivity index (χ3n) is 5.91. The van der Waals surface area contributed by atoms with Crippen molar-refractivity contribution in [1.29, 1.82) is 0 Å². The van der Waals surface area contributed by atoms with Gasteiger partial charge < -0.3 is 14.2 Å². The van der Waals surface area contributed by atoms with Crippen molar-refractivity contribution in [3.63, 3.8) is 0 Å². The summed E-state index contributed by atoms with van der Waals surface area (Å²) in [6.45, 7) is 6.23. The van der Waals surface area contributed by atoms with Crippen molar-refractivity contribution in [3.05, 3.63) is 35.9 Å². The minimum atomic E-state index is -0.449. The Morgan fingerprint density at radius 3 is 2.48 bits per heavy atom. The zero-order valence-electron chi connectivity index (χ0n) is 17.0. The zero-order valence-corrected chi connectivity index (χ0v) is 17.0. The van der Waals surface area contributed by atoms with Gasteiger partial charge in [0.15, 0.2) is 5.79 Å². The zero-order chi connectivity index (χ0) is 19.3. The molecule has 3 rings (SSSR count). The van der Waals surface area contributed by atoms with E-state index in [0.29, 0.717) is 6.61 Å². The topological polar surface area (TPSA) is 44.8 Å². The highest BCUT2D eigenvalue weighted by Gasteiger charge is 2.48. The molecule has 27 heavy (non-hydrogen) atoms. The first kappa shape index (κ1) is 20.3. The molecule has 1 heterocycles. The Morgan fingerprint density at radius 1 is 1.15 bits per heavy atom. The minimum Gasteiger partial charge on any atom is -0.466 e. The number of carbonyl (C=O) groups excluding carboxylic acids is 1. The van der Waals surface area contributed by atoms with Crippen LogP contribution in [0.2, 0.25) is 0 Å². The fourth-order valence-corrected chi connectivity index (χ4v) is 4.32. The SMILES string of the molecule is CCOC(=O)C(C)(C)CCC[C@@H]1OC2(CCCC2)O[C@H]1Cc1ccccc1. The van der Waals surface area contributed by atoms with Crippen LogP contribution in [0.4, 0.5) is 0 Å². The van der Waals surface area contributed by atoms with E-state index in [1.54, 1.807) is 0 Å². The Kier molecular flexibility index (Phi) is 6.59. The molecule has 4 nitrogen and oxygen atoms in total. The Morgan fingerprint density at radius 2 is 1.81 bits per heavy atom. The molecule has 0 bridgehead atoms. The fraction of sp³-hybridized carbons (Fsp3) is 0.696. The highest BCUT2D eigenvalue weighted by Crippen LogP contribution is 2.44. The van der Waals surface area contributed by atoms with E-state index in [4.69, 9.17) is 14.2 Å². The van der Waals surface area contributed by atoms with E-state index in [1.165, 1.54) is 18.4 Å². The quantitative estimate of drug-likeness (QED) is 0.598. The standard InChI is InChI=1S/C23H34O4/c1-4-25-21(24)22(2,3)14-10-13-19-20(17-18-11-6-5-7-12-18)27-23(26-19)15-8-9-16-23/h5-7,11-12,19-20H,4,8-10,13-17H2,1-3H3/t19-,20-/m0/s1. The molecule has 1 aliphatic carbocycles. The van der Waals surface area contributed by atoms with Crippen molar-refractivity contribution in [2.45, 2.75) is 90.1 Å². The van der Waals surface area contributed by atoms with Crippen LogP contribution in [-0.2, 0) is 25.4 Å². The predicted octanol–water partition coefficient (Wildman–Crippen LogP) is 5.04. The van der Waals surface area contributed by atoms with Crippen LogP contribution in [0.15, 0.2) is 30.3 Å². The molecule has 1 aromatic carbocycles. The third kappa shape index (κ3) is 5.11. The molecule has 1 aliphatic heterocycles. The van der Waals surface area contributed by atoms with E-state index < -0.39 is 5.41 Å². The first-order chi connectivity index (χ1) is 12.9. The molecule has 0 N–H and O–H groups in total. The molecule has 1 spiro atoms. The van der Waals surface area contributed by atoms with Crippen LogP contribution in [0.25, 0.3) is 0 Å². The lowest BCUT2D eigenvalue weighted by atomic mass is 9.86. The summed E-state index contributed by atoms with van der Waals surface area (Å²) in [6, 6.07) is 10.5. The highest BCUT2D eigenvalue weighted by molar-refractivity contribution is 5.75. The number of esters is 1. The van der Waals surface area contributed by atoms with Crippen molar-refractivity contribution in [3.8, 4) is 0 Å². The summed E-state index contributed by atoms with van der Waals surface area (Å²) in [5, 5.41) is 0. The maximum atomic E-state index is 12.1. The minimum absolute atomic E-state index is 0.0937. The molecule has 0 unspecified atom stereocenters. The van der Waals surface area contributed by atoms with Gasteiger partial charge in [0.1, 0.15) is 0 Å². The second-order valence-corrected chi connectivity index (χ2v) is 8.62. The van der Waals surface area contributed by atoms with Gasteiger partial charge in [-0.15, -0.1) is 0 Å². The maximum Gasteiger partial charge on any atom is 0.311 e. The Labute approximate surface area is 163 Å². The second-order valence-electron chi connectivity index (χ2n) is 8.62. The molecule has 2 fully saturated rings. The summed E-state index contributed by atoms with van der Waals surface area (Å²) >= 11 is 0. The molecule has 150 valence electrons. The fourth-order valence-electron chi connectivity index (χ4n) is 4.32. The van der Waals surface area contributed by atoms with Crippen LogP contribution >= 0.6 is 0 Å². The van der Waals surface area contributed by atoms with Crippen molar-refractivity contribution >= 4 is 5.97 Å². The molecule has 1 saturated heterocycles. The van der Waals surface area contributed by atoms with Crippen LogP contribution in [0.3, 0.4) is 0 Å². The summed E-state index contributed by atoms with van der Waals surface area (Å²) in [7, 11) is 0. The molecule has 1 saturated carbocycles. The van der Waals surface area contributed by atoms with Gasteiger partial charge >= 0.3 is 5.97 Å². The Bertz CT molecular complexity index is 604. The molecule has 0 amide bonds. The molecular weight excluding hydrogens is 340 g/mol. The van der Waals surface area contributed by atoms with Crippen LogP contribution in [0.5, 0.6) is 0 Å². The van der Waals surface area contributed by atoms with Gasteiger partial charge in [0.2, 0.25) is 0 Å². The Balaban J connectivity index is 1.59. The number of benzene rings is 1. The number of hydrogen-bond acceptors (Lipinski definition) is 4. The van der Waals surface area contributed by atoms with Gasteiger partial charge in [0.05, 0.1) is 24.2 Å². The first-order valence-electron chi connectivity index (χ1n) is 10.5. The van der Waals surface area contributed by atoms with Crippen molar-refractivity contribution in [1.82, 2.24) is 0 Å². The van der Waals surface area contributed by atoms with Gasteiger partial charge in [-0.25, -0.2) is 0 Å². The molecule has 2 atom stereocenters. The van der Waals surface area contributed by atoms with Gasteiger partial charge in [-0.05, 0) is 58.4 Å². The number of hydrogen-bond donors (Lipinski definition) is 0. The lowest BCUT2D eigenvalue weighted by molar-refractivity contribution is -0.169. The molecule has 0 radical (unpaired) electrons. The van der Waals surface area contributed by atoms with Gasteiger partial charge in [0, 0.05) is 19.3 Å². The summed E-state index contributed by atoms with van der Waals surface area (Å²) < 4.78 is 18.2. The number of carbonyl (C=O) groups is 1. The Hall–Kier alpha value is -1.39. The molecular formula is C23H34O4. The van der Waals surface area contributed by atoms with E-state index >= 15 is 0 Å². The van der Waals surface area contributed by atoms with Crippen molar-refractivity contribution in [2.24, 2.45) is 5.41 Å².